The number of sulfonamides is 2. The molecule has 0 unspecified atom stereocenters. The van der Waals surface area contributed by atoms with Gasteiger partial charge in [0, 0.05) is 0 Å². The van der Waals surface area contributed by atoms with Crippen LogP contribution in [-0.2, 0) is 30.2 Å². The lowest BCUT2D eigenvalue weighted by atomic mass is 10.3. The Morgan fingerprint density at radius 3 is 1.10 bits per heavy atom. The van der Waals surface area contributed by atoms with E-state index in [9.17, 15) is 56.3 Å². The highest BCUT2D eigenvalue weighted by molar-refractivity contribution is 8.11. The molecule has 1 aromatic rings. The van der Waals surface area contributed by atoms with Crippen molar-refractivity contribution in [3.05, 3.63) is 30.3 Å². The van der Waals surface area contributed by atoms with Crippen molar-refractivity contribution in [2.45, 2.75) is 16.5 Å². The molecule has 0 amide bonds. The molecule has 1 N–H and O–H groups in total. The minimum absolute atomic E-state index is 0.479. The standard InChI is InChI=1S/C8H5F6NO4S2.CHF3O3S/c9-7(10,11)20(16,17)15(6-4-2-1-3-5-6)21(18,19)8(12,13)14;2-1(3,4)8(5,6)7/h1-5H;(H,5,6,7). The number of hydrogen-bond acceptors (Lipinski definition) is 6. The van der Waals surface area contributed by atoms with Crippen molar-refractivity contribution in [1.29, 1.82) is 0 Å². The van der Waals surface area contributed by atoms with Crippen LogP contribution < -0.4 is 3.71 Å². The van der Waals surface area contributed by atoms with Crippen molar-refractivity contribution in [3.63, 3.8) is 0 Å². The number of rotatable bonds is 3. The minimum atomic E-state index is -6.81. The number of anilines is 1. The smallest absolute Gasteiger partial charge is 0.279 e. The number of halogens is 9. The summed E-state index contributed by atoms with van der Waals surface area (Å²) in [5.74, 6) is 0. The molecule has 1 rings (SSSR count). The maximum absolute atomic E-state index is 12.4. The predicted molar refractivity (Wildman–Crippen MR) is 76.5 cm³/mol. The van der Waals surface area contributed by atoms with Gasteiger partial charge in [-0.3, -0.25) is 4.55 Å². The summed E-state index contributed by atoms with van der Waals surface area (Å²) >= 11 is 0. The zero-order valence-corrected chi connectivity index (χ0v) is 15.3. The van der Waals surface area contributed by atoms with Crippen LogP contribution in [0, 0.1) is 0 Å². The third kappa shape index (κ3) is 6.34. The van der Waals surface area contributed by atoms with Crippen LogP contribution in [-0.4, -0.2) is 46.3 Å². The number of alkyl halides is 9. The molecule has 0 heterocycles. The van der Waals surface area contributed by atoms with Gasteiger partial charge in [0.1, 0.15) is 0 Å². The van der Waals surface area contributed by atoms with E-state index in [2.05, 4.69) is 0 Å². The Morgan fingerprint density at radius 1 is 0.621 bits per heavy atom. The van der Waals surface area contributed by atoms with E-state index in [1.807, 2.05) is 0 Å². The number of para-hydroxylation sites is 1. The highest BCUT2D eigenvalue weighted by Crippen LogP contribution is 2.38. The molecule has 170 valence electrons. The van der Waals surface area contributed by atoms with E-state index in [0.717, 1.165) is 18.2 Å². The average molecular weight is 507 g/mol. The van der Waals surface area contributed by atoms with E-state index in [-0.39, 0.29) is 0 Å². The molecule has 0 aliphatic heterocycles. The molecule has 0 fully saturated rings. The summed E-state index contributed by atoms with van der Waals surface area (Å²) in [5, 5.41) is 0. The van der Waals surface area contributed by atoms with Crippen LogP contribution in [0.1, 0.15) is 0 Å². The van der Waals surface area contributed by atoms with E-state index < -0.39 is 56.1 Å². The van der Waals surface area contributed by atoms with E-state index in [0.29, 0.717) is 12.1 Å². The highest BCUT2D eigenvalue weighted by Gasteiger charge is 2.61. The molecule has 0 aliphatic carbocycles. The van der Waals surface area contributed by atoms with Crippen LogP contribution in [0.5, 0.6) is 0 Å². The second-order valence-electron chi connectivity index (χ2n) is 4.36. The SMILES string of the molecule is O=S(=O)(N(c1ccccc1)S(=O)(=O)C(F)(F)F)C(F)(F)F.O=S(=O)(O)C(F)(F)F. The molecule has 0 radical (unpaired) electrons. The van der Waals surface area contributed by atoms with Crippen LogP contribution in [0.15, 0.2) is 30.3 Å². The fourth-order valence-corrected chi connectivity index (χ4v) is 3.86. The molecular weight excluding hydrogens is 501 g/mol. The summed E-state index contributed by atoms with van der Waals surface area (Å²) in [6.07, 6.45) is 0. The molecule has 1 aromatic carbocycles. The third-order valence-corrected chi connectivity index (χ3v) is 6.51. The summed E-state index contributed by atoms with van der Waals surface area (Å²) in [7, 11) is -19.5. The summed E-state index contributed by atoms with van der Waals surface area (Å²) in [5.41, 5.74) is -19.3. The Kier molecular flexibility index (Phi) is 7.64. The average Bonchev–Trinajstić information content (AvgIpc) is 2.44. The highest BCUT2D eigenvalue weighted by atomic mass is 32.3. The van der Waals surface area contributed by atoms with Gasteiger partial charge >= 0.3 is 46.7 Å². The van der Waals surface area contributed by atoms with Gasteiger partial charge in [0.05, 0.1) is 5.69 Å². The van der Waals surface area contributed by atoms with Crippen LogP contribution in [0.2, 0.25) is 0 Å². The molecule has 8 nitrogen and oxygen atoms in total. The topological polar surface area (TPSA) is 126 Å². The lowest BCUT2D eigenvalue weighted by molar-refractivity contribution is -0.0511. The van der Waals surface area contributed by atoms with Gasteiger partial charge in [-0.1, -0.05) is 18.2 Å². The van der Waals surface area contributed by atoms with Crippen LogP contribution in [0.4, 0.5) is 45.2 Å². The number of hydrogen-bond donors (Lipinski definition) is 1. The number of nitrogens with zero attached hydrogens (tertiary/aromatic N) is 1. The first-order chi connectivity index (χ1) is 12.5. The fourth-order valence-electron chi connectivity index (χ4n) is 1.14. The van der Waals surface area contributed by atoms with Gasteiger partial charge in [-0.15, -0.1) is 3.71 Å². The molecule has 20 heteroatoms. The van der Waals surface area contributed by atoms with Crippen molar-refractivity contribution in [2.75, 3.05) is 3.71 Å². The lowest BCUT2D eigenvalue weighted by Crippen LogP contribution is -2.49. The van der Waals surface area contributed by atoms with Crippen molar-refractivity contribution in [1.82, 2.24) is 0 Å². The quantitative estimate of drug-likeness (QED) is 0.379. The van der Waals surface area contributed by atoms with Gasteiger partial charge in [-0.2, -0.15) is 64.8 Å². The Hall–Kier alpha value is -1.80. The van der Waals surface area contributed by atoms with Gasteiger partial charge in [0.25, 0.3) is 0 Å². The maximum atomic E-state index is 12.4. The van der Waals surface area contributed by atoms with Crippen molar-refractivity contribution >= 4 is 35.9 Å². The Balaban J connectivity index is 0.000000828. The normalized spacial score (nSPS) is 14.0. The minimum Gasteiger partial charge on any atom is -0.279 e. The molecule has 0 spiro atoms. The largest absolute Gasteiger partial charge is 0.522 e. The summed E-state index contributed by atoms with van der Waals surface area (Å²) in [6.45, 7) is 0. The maximum Gasteiger partial charge on any atom is 0.522 e. The Labute approximate surface area is 156 Å². The third-order valence-electron chi connectivity index (χ3n) is 2.28. The monoisotopic (exact) mass is 507 g/mol. The molecule has 0 bridgehead atoms. The molecule has 29 heavy (non-hydrogen) atoms. The van der Waals surface area contributed by atoms with Gasteiger partial charge < -0.3 is 0 Å². The first-order valence-corrected chi connectivity index (χ1v) is 10.3. The zero-order chi connectivity index (χ0) is 23.7. The molecule has 0 aliphatic rings. The second-order valence-corrected chi connectivity index (χ2v) is 9.56. The molecular formula is C9H6F9NO7S3. The van der Waals surface area contributed by atoms with E-state index in [1.165, 1.54) is 0 Å². The van der Waals surface area contributed by atoms with Crippen molar-refractivity contribution in [2.24, 2.45) is 0 Å². The first-order valence-electron chi connectivity index (χ1n) is 6.00. The van der Waals surface area contributed by atoms with Crippen molar-refractivity contribution in [3.8, 4) is 0 Å². The molecule has 0 saturated carbocycles. The Bertz CT molecular complexity index is 966. The summed E-state index contributed by atoms with van der Waals surface area (Å²) < 4.78 is 175. The van der Waals surface area contributed by atoms with Gasteiger partial charge in [0.2, 0.25) is 0 Å². The van der Waals surface area contributed by atoms with Gasteiger partial charge in [-0.25, -0.2) is 0 Å². The lowest BCUT2D eigenvalue weighted by Gasteiger charge is -2.25. The van der Waals surface area contributed by atoms with E-state index >= 15 is 0 Å². The number of benzene rings is 1. The van der Waals surface area contributed by atoms with Crippen LogP contribution in [0.3, 0.4) is 0 Å². The first kappa shape index (κ1) is 27.2. The van der Waals surface area contributed by atoms with Crippen LogP contribution >= 0.6 is 0 Å². The molecule has 0 aromatic heterocycles. The van der Waals surface area contributed by atoms with Crippen molar-refractivity contribution < 1.29 is 69.3 Å². The predicted octanol–water partition coefficient (Wildman–Crippen LogP) is 2.59. The summed E-state index contributed by atoms with van der Waals surface area (Å²) in [6, 6.07) is 3.85. The second kappa shape index (κ2) is 8.14. The fraction of sp³-hybridized carbons (Fsp3) is 0.333. The Morgan fingerprint density at radius 2 is 0.897 bits per heavy atom. The summed E-state index contributed by atoms with van der Waals surface area (Å²) in [4.78, 5) is 0. The van der Waals surface area contributed by atoms with Gasteiger partial charge in [0.15, 0.2) is 0 Å². The van der Waals surface area contributed by atoms with E-state index in [1.54, 1.807) is 0 Å². The van der Waals surface area contributed by atoms with Gasteiger partial charge in [-0.05, 0) is 12.1 Å². The van der Waals surface area contributed by atoms with Crippen LogP contribution in [0.25, 0.3) is 0 Å². The molecule has 0 atom stereocenters. The molecule has 0 saturated heterocycles. The zero-order valence-electron chi connectivity index (χ0n) is 12.9. The van der Waals surface area contributed by atoms with E-state index in [4.69, 9.17) is 13.0 Å².